The SMILES string of the molecule is CCCCCC1OC(=O)[C@H](C)N(C)C(=O)C(CCCCC)OC(=O)[C@@H](C)N(C)C(=O)C(CCCCC)OC(=O)[C@H](C)N(C)C(=O)C(CCCCC)OC(=O)[C@@H](C)NC1=O. The van der Waals surface area contributed by atoms with Crippen molar-refractivity contribution < 1.29 is 57.3 Å². The first-order valence-corrected chi connectivity index (χ1v) is 21.8. The zero-order chi connectivity index (χ0) is 44.8. The van der Waals surface area contributed by atoms with Gasteiger partial charge in [0.1, 0.15) is 24.2 Å². The average Bonchev–Trinajstić information content (AvgIpc) is 3.21. The Morgan fingerprint density at radius 1 is 0.407 bits per heavy atom. The second-order valence-corrected chi connectivity index (χ2v) is 15.8. The lowest BCUT2D eigenvalue weighted by Crippen LogP contribution is -2.53. The van der Waals surface area contributed by atoms with E-state index >= 15 is 0 Å². The zero-order valence-electron chi connectivity index (χ0n) is 37.7. The molecule has 16 heteroatoms. The lowest BCUT2D eigenvalue weighted by molar-refractivity contribution is -0.174. The monoisotopic (exact) mass is 839 g/mol. The number of hydrogen-bond donors (Lipinski definition) is 1. The molecule has 1 N–H and O–H groups in total. The number of carbonyl (C=O) groups is 8. The van der Waals surface area contributed by atoms with Gasteiger partial charge >= 0.3 is 23.9 Å². The molecule has 1 aliphatic rings. The Morgan fingerprint density at radius 2 is 0.661 bits per heavy atom. The molecule has 8 atom stereocenters. The zero-order valence-corrected chi connectivity index (χ0v) is 37.7. The highest BCUT2D eigenvalue weighted by Crippen LogP contribution is 2.20. The van der Waals surface area contributed by atoms with Crippen molar-refractivity contribution in [3.63, 3.8) is 0 Å². The fraction of sp³-hybridized carbons (Fsp3) is 0.814. The van der Waals surface area contributed by atoms with Crippen LogP contribution in [0.25, 0.3) is 0 Å². The molecular weight excluding hydrogens is 764 g/mol. The fourth-order valence-electron chi connectivity index (χ4n) is 6.31. The number of cyclic esters (lactones) is 4. The predicted molar refractivity (Wildman–Crippen MR) is 220 cm³/mol. The first kappa shape index (κ1) is 52.8. The van der Waals surface area contributed by atoms with Crippen LogP contribution < -0.4 is 5.32 Å². The molecular formula is C43H74N4O12. The van der Waals surface area contributed by atoms with E-state index in [4.69, 9.17) is 18.9 Å². The van der Waals surface area contributed by atoms with Gasteiger partial charge in [-0.25, -0.2) is 19.2 Å². The standard InChI is InChI=1S/C43H74N4O12/c1-12-16-20-24-32-36(48)44-28(5)40(52)57-33(25-21-17-13-2)37(49)46(10)30(7)42(54)59-35(27-23-19-15-4)39(51)47(11)31(8)43(55)58-34(26-22-18-14-3)38(50)45(9)29(6)41(53)56-32/h28-35H,12-27H2,1-11H3,(H,44,48)/t28-,29+,30+,31-,32?,33?,34?,35?/m1/s1. The van der Waals surface area contributed by atoms with Crippen LogP contribution >= 0.6 is 0 Å². The number of unbranched alkanes of at least 4 members (excludes halogenated alkanes) is 8. The van der Waals surface area contributed by atoms with Gasteiger partial charge in [0.2, 0.25) is 0 Å². The normalized spacial score (nSPS) is 26.8. The summed E-state index contributed by atoms with van der Waals surface area (Å²) in [5.74, 6) is -6.34. The molecule has 1 fully saturated rings. The lowest BCUT2D eigenvalue weighted by Gasteiger charge is -2.32. The number of rotatable bonds is 16. The molecule has 0 aromatic heterocycles. The van der Waals surface area contributed by atoms with Crippen LogP contribution in [-0.2, 0) is 57.3 Å². The summed E-state index contributed by atoms with van der Waals surface area (Å²) in [6.45, 7) is 13.6. The van der Waals surface area contributed by atoms with Crippen LogP contribution in [0.5, 0.6) is 0 Å². The summed E-state index contributed by atoms with van der Waals surface area (Å²) in [5, 5.41) is 2.56. The maximum Gasteiger partial charge on any atom is 0.329 e. The molecule has 1 saturated heterocycles. The Balaban J connectivity index is 3.75. The summed E-state index contributed by atoms with van der Waals surface area (Å²) in [6.07, 6.45) is 3.64. The van der Waals surface area contributed by atoms with Gasteiger partial charge in [-0.1, -0.05) is 79.1 Å². The van der Waals surface area contributed by atoms with Gasteiger partial charge in [0.15, 0.2) is 24.4 Å². The Kier molecular flexibility index (Phi) is 24.6. The van der Waals surface area contributed by atoms with Gasteiger partial charge in [0, 0.05) is 21.1 Å². The largest absolute Gasteiger partial charge is 0.451 e. The van der Waals surface area contributed by atoms with Crippen molar-refractivity contribution in [2.24, 2.45) is 0 Å². The van der Waals surface area contributed by atoms with E-state index in [0.29, 0.717) is 25.7 Å². The number of ether oxygens (including phenoxy) is 4. The Morgan fingerprint density at radius 3 is 0.949 bits per heavy atom. The summed E-state index contributed by atoms with van der Waals surface area (Å²) in [5.41, 5.74) is 0. The van der Waals surface area contributed by atoms with Crippen LogP contribution in [0, 0.1) is 0 Å². The van der Waals surface area contributed by atoms with Crippen molar-refractivity contribution >= 4 is 47.5 Å². The third-order valence-corrected chi connectivity index (χ3v) is 11.0. The summed E-state index contributed by atoms with van der Waals surface area (Å²) in [4.78, 5) is 113. The van der Waals surface area contributed by atoms with Crippen LogP contribution in [0.3, 0.4) is 0 Å². The fourth-order valence-corrected chi connectivity index (χ4v) is 6.31. The Hall–Kier alpha value is -4.24. The van der Waals surface area contributed by atoms with E-state index in [-0.39, 0.29) is 25.7 Å². The molecule has 1 rings (SSSR count). The molecule has 0 aromatic carbocycles. The highest BCUT2D eigenvalue weighted by atomic mass is 16.6. The van der Waals surface area contributed by atoms with Gasteiger partial charge in [0.25, 0.3) is 23.6 Å². The quantitative estimate of drug-likeness (QED) is 0.124. The van der Waals surface area contributed by atoms with Crippen molar-refractivity contribution in [2.45, 2.75) is 207 Å². The summed E-state index contributed by atoms with van der Waals surface area (Å²) >= 11 is 0. The maximum atomic E-state index is 13.9. The molecule has 4 unspecified atom stereocenters. The van der Waals surface area contributed by atoms with Gasteiger partial charge < -0.3 is 39.0 Å². The highest BCUT2D eigenvalue weighted by Gasteiger charge is 2.39. The number of amides is 4. The molecule has 16 nitrogen and oxygen atoms in total. The van der Waals surface area contributed by atoms with Gasteiger partial charge in [-0.05, 0) is 79.1 Å². The average molecular weight is 839 g/mol. The van der Waals surface area contributed by atoms with Crippen molar-refractivity contribution in [1.82, 2.24) is 20.0 Å². The summed E-state index contributed by atoms with van der Waals surface area (Å²) < 4.78 is 22.9. The molecule has 0 aliphatic carbocycles. The maximum absolute atomic E-state index is 13.9. The van der Waals surface area contributed by atoms with Crippen LogP contribution in [0.2, 0.25) is 0 Å². The topological polar surface area (TPSA) is 195 Å². The summed E-state index contributed by atoms with van der Waals surface area (Å²) in [6, 6.07) is -4.89. The molecule has 4 amide bonds. The molecule has 1 heterocycles. The molecule has 0 bridgehead atoms. The first-order chi connectivity index (χ1) is 27.9. The van der Waals surface area contributed by atoms with Crippen molar-refractivity contribution in [2.75, 3.05) is 21.1 Å². The van der Waals surface area contributed by atoms with E-state index in [9.17, 15) is 38.4 Å². The Bertz CT molecular complexity index is 1390. The van der Waals surface area contributed by atoms with Crippen LogP contribution in [0.4, 0.5) is 0 Å². The van der Waals surface area contributed by atoms with E-state index in [1.165, 1.54) is 48.8 Å². The molecule has 0 spiro atoms. The third kappa shape index (κ3) is 17.1. The molecule has 59 heavy (non-hydrogen) atoms. The molecule has 338 valence electrons. The number of nitrogens with one attached hydrogen (secondary N) is 1. The van der Waals surface area contributed by atoms with E-state index < -0.39 is 96.1 Å². The second-order valence-electron chi connectivity index (χ2n) is 15.8. The van der Waals surface area contributed by atoms with Crippen LogP contribution in [0.15, 0.2) is 0 Å². The van der Waals surface area contributed by atoms with Crippen molar-refractivity contribution in [1.29, 1.82) is 0 Å². The second kappa shape index (κ2) is 27.5. The van der Waals surface area contributed by atoms with Gasteiger partial charge in [-0.3, -0.25) is 19.2 Å². The smallest absolute Gasteiger partial charge is 0.329 e. The first-order valence-electron chi connectivity index (χ1n) is 21.8. The summed E-state index contributed by atoms with van der Waals surface area (Å²) in [7, 11) is 4.11. The highest BCUT2D eigenvalue weighted by molar-refractivity contribution is 5.94. The molecule has 0 saturated carbocycles. The van der Waals surface area contributed by atoms with Crippen molar-refractivity contribution in [3.05, 3.63) is 0 Å². The number of nitrogens with zero attached hydrogens (tertiary/aromatic N) is 3. The number of esters is 4. The Labute approximate surface area is 352 Å². The molecule has 1 aliphatic heterocycles. The van der Waals surface area contributed by atoms with Crippen LogP contribution in [0.1, 0.15) is 158 Å². The predicted octanol–water partition coefficient (Wildman–Crippen LogP) is 5.01. The van der Waals surface area contributed by atoms with E-state index in [1.807, 2.05) is 27.7 Å². The third-order valence-electron chi connectivity index (χ3n) is 11.0. The minimum atomic E-state index is -1.32. The van der Waals surface area contributed by atoms with E-state index in [1.54, 1.807) is 0 Å². The van der Waals surface area contributed by atoms with Crippen molar-refractivity contribution in [3.8, 4) is 0 Å². The number of carbonyl (C=O) groups excluding carboxylic acids is 8. The molecule has 0 radical (unpaired) electrons. The minimum Gasteiger partial charge on any atom is -0.451 e. The van der Waals surface area contributed by atoms with E-state index in [0.717, 1.165) is 66.1 Å². The van der Waals surface area contributed by atoms with Gasteiger partial charge in [-0.2, -0.15) is 0 Å². The number of hydrogen-bond acceptors (Lipinski definition) is 12. The number of likely N-dealkylation sites (N-methyl/N-ethyl adjacent to an activating group) is 3. The van der Waals surface area contributed by atoms with E-state index in [2.05, 4.69) is 5.32 Å². The van der Waals surface area contributed by atoms with Crippen LogP contribution in [-0.4, -0.2) is 132 Å². The van der Waals surface area contributed by atoms with Gasteiger partial charge in [-0.15, -0.1) is 0 Å². The van der Waals surface area contributed by atoms with Gasteiger partial charge in [0.05, 0.1) is 0 Å². The minimum absolute atomic E-state index is 0.134. The molecule has 0 aromatic rings. The lowest BCUT2D eigenvalue weighted by atomic mass is 10.1.